The van der Waals surface area contributed by atoms with Gasteiger partial charge in [-0.15, -0.1) is 6.42 Å². The molecule has 0 radical (unpaired) electrons. The van der Waals surface area contributed by atoms with Crippen LogP contribution in [-0.4, -0.2) is 22.4 Å². The van der Waals surface area contributed by atoms with Crippen molar-refractivity contribution in [2.24, 2.45) is 0 Å². The molecule has 0 aliphatic heterocycles. The molecule has 4 nitrogen and oxygen atoms in total. The molecule has 138 valence electrons. The lowest BCUT2D eigenvalue weighted by molar-refractivity contribution is -0.148. The van der Waals surface area contributed by atoms with Crippen LogP contribution in [0.3, 0.4) is 0 Å². The van der Waals surface area contributed by atoms with Crippen molar-refractivity contribution < 1.29 is 27.8 Å². The fraction of sp³-hybridized carbons (Fsp3) is 0.500. The van der Waals surface area contributed by atoms with Crippen molar-refractivity contribution in [2.45, 2.75) is 57.8 Å². The summed E-state index contributed by atoms with van der Waals surface area (Å²) in [5.41, 5.74) is -4.86. The van der Waals surface area contributed by atoms with Crippen LogP contribution in [0, 0.1) is 18.2 Å². The van der Waals surface area contributed by atoms with Crippen molar-refractivity contribution in [2.75, 3.05) is 0 Å². The number of amides is 1. The van der Waals surface area contributed by atoms with E-state index in [-0.39, 0.29) is 5.56 Å². The quantitative estimate of drug-likeness (QED) is 0.804. The summed E-state index contributed by atoms with van der Waals surface area (Å²) in [6.07, 6.45) is 4.11. The predicted octanol–water partition coefficient (Wildman–Crippen LogP) is 3.89. The Morgan fingerprint density at radius 1 is 1.32 bits per heavy atom. The summed E-state index contributed by atoms with van der Waals surface area (Å²) in [7, 11) is 0. The summed E-state index contributed by atoms with van der Waals surface area (Å²) in [6, 6.07) is 2.34. The molecule has 0 bridgehead atoms. The van der Waals surface area contributed by atoms with E-state index in [1.165, 1.54) is 19.1 Å². The van der Waals surface area contributed by atoms with Crippen LogP contribution in [0.5, 0.6) is 0 Å². The molecular weight excluding hydrogens is 335 g/mol. The van der Waals surface area contributed by atoms with Crippen molar-refractivity contribution in [3.63, 3.8) is 0 Å². The normalized spacial score (nSPS) is 15.7. The van der Waals surface area contributed by atoms with Gasteiger partial charge in [-0.1, -0.05) is 18.1 Å². The SMILES string of the molecule is C#CC(C)(O)C(F)(F)c1cccc([C@@H](C)NC(=O)OC(C)(C)C)c1F. The van der Waals surface area contributed by atoms with Gasteiger partial charge in [-0.25, -0.2) is 9.18 Å². The molecule has 0 saturated heterocycles. The Kier molecular flexibility index (Phi) is 5.81. The Balaban J connectivity index is 3.17. The minimum absolute atomic E-state index is 0.184. The third-order valence-electron chi connectivity index (χ3n) is 3.46. The van der Waals surface area contributed by atoms with Gasteiger partial charge in [0.2, 0.25) is 0 Å². The Morgan fingerprint density at radius 3 is 2.36 bits per heavy atom. The molecule has 2 atom stereocenters. The summed E-state index contributed by atoms with van der Waals surface area (Å²) < 4.78 is 48.4. The average molecular weight is 357 g/mol. The molecule has 1 unspecified atom stereocenters. The van der Waals surface area contributed by atoms with E-state index >= 15 is 0 Å². The van der Waals surface area contributed by atoms with Gasteiger partial charge in [0, 0.05) is 5.56 Å². The monoisotopic (exact) mass is 357 g/mol. The minimum Gasteiger partial charge on any atom is -0.444 e. The first kappa shape index (κ1) is 20.8. The number of ether oxygens (including phenoxy) is 1. The van der Waals surface area contributed by atoms with Crippen LogP contribution < -0.4 is 5.32 Å². The van der Waals surface area contributed by atoms with Crippen LogP contribution in [0.2, 0.25) is 0 Å². The molecule has 1 rings (SSSR count). The molecule has 0 heterocycles. The smallest absolute Gasteiger partial charge is 0.408 e. The third kappa shape index (κ3) is 4.67. The van der Waals surface area contributed by atoms with Crippen LogP contribution in [0.4, 0.5) is 18.0 Å². The average Bonchev–Trinajstić information content (AvgIpc) is 2.44. The van der Waals surface area contributed by atoms with E-state index in [0.717, 1.165) is 13.0 Å². The maximum atomic E-state index is 14.6. The zero-order valence-electron chi connectivity index (χ0n) is 14.8. The first-order chi connectivity index (χ1) is 11.2. The Labute approximate surface area is 145 Å². The largest absolute Gasteiger partial charge is 0.444 e. The molecule has 0 fully saturated rings. The predicted molar refractivity (Wildman–Crippen MR) is 87.5 cm³/mol. The second kappa shape index (κ2) is 6.96. The van der Waals surface area contributed by atoms with Crippen LogP contribution in [0.1, 0.15) is 51.8 Å². The highest BCUT2D eigenvalue weighted by Gasteiger charge is 2.51. The van der Waals surface area contributed by atoms with Crippen LogP contribution in [0.25, 0.3) is 0 Å². The van der Waals surface area contributed by atoms with Crippen molar-refractivity contribution in [3.05, 3.63) is 35.1 Å². The highest BCUT2D eigenvalue weighted by atomic mass is 19.3. The first-order valence-corrected chi connectivity index (χ1v) is 7.59. The molecule has 1 aromatic carbocycles. The maximum absolute atomic E-state index is 14.6. The first-order valence-electron chi connectivity index (χ1n) is 7.59. The molecule has 2 N–H and O–H groups in total. The summed E-state index contributed by atoms with van der Waals surface area (Å²) >= 11 is 0. The van der Waals surface area contributed by atoms with Crippen LogP contribution >= 0.6 is 0 Å². The molecule has 1 amide bonds. The molecule has 0 spiro atoms. The lowest BCUT2D eigenvalue weighted by Crippen LogP contribution is -2.42. The molecule has 0 aliphatic rings. The van der Waals surface area contributed by atoms with Gasteiger partial charge in [-0.05, 0) is 40.7 Å². The summed E-state index contributed by atoms with van der Waals surface area (Å²) in [5, 5.41) is 12.1. The molecule has 1 aromatic rings. The molecule has 0 aromatic heterocycles. The van der Waals surface area contributed by atoms with Gasteiger partial charge < -0.3 is 15.2 Å². The van der Waals surface area contributed by atoms with E-state index in [1.807, 2.05) is 0 Å². The van der Waals surface area contributed by atoms with Gasteiger partial charge in [-0.3, -0.25) is 0 Å². The number of rotatable bonds is 4. The number of carbonyl (C=O) groups excluding carboxylic acids is 1. The van der Waals surface area contributed by atoms with Gasteiger partial charge >= 0.3 is 12.0 Å². The summed E-state index contributed by atoms with van der Waals surface area (Å²) in [6.45, 7) is 7.10. The number of hydrogen-bond donors (Lipinski definition) is 2. The fourth-order valence-corrected chi connectivity index (χ4v) is 2.04. The molecule has 7 heteroatoms. The third-order valence-corrected chi connectivity index (χ3v) is 3.46. The maximum Gasteiger partial charge on any atom is 0.408 e. The number of aliphatic hydroxyl groups is 1. The Bertz CT molecular complexity index is 688. The van der Waals surface area contributed by atoms with Crippen molar-refractivity contribution in [1.29, 1.82) is 0 Å². The minimum atomic E-state index is -4.02. The topological polar surface area (TPSA) is 58.6 Å². The van der Waals surface area contributed by atoms with E-state index in [4.69, 9.17) is 11.2 Å². The van der Waals surface area contributed by atoms with Gasteiger partial charge in [-0.2, -0.15) is 8.78 Å². The second-order valence-electron chi connectivity index (χ2n) is 6.87. The number of alkyl carbamates (subject to hydrolysis) is 1. The molecule has 0 aliphatic carbocycles. The zero-order valence-corrected chi connectivity index (χ0v) is 14.8. The standard InChI is InChI=1S/C18H22F3NO3/c1-7-17(6,24)18(20,21)13-10-8-9-12(14(13)19)11(2)22-15(23)25-16(3,4)5/h1,8-11,24H,2-6H3,(H,22,23)/t11-,17?/m1/s1. The Morgan fingerprint density at radius 2 is 1.88 bits per heavy atom. The van der Waals surface area contributed by atoms with E-state index < -0.39 is 40.6 Å². The van der Waals surface area contributed by atoms with E-state index in [9.17, 15) is 23.1 Å². The number of halogens is 3. The highest BCUT2D eigenvalue weighted by molar-refractivity contribution is 5.68. The fourth-order valence-electron chi connectivity index (χ4n) is 2.04. The number of carbonyl (C=O) groups is 1. The van der Waals surface area contributed by atoms with Gasteiger partial charge in [0.05, 0.1) is 11.6 Å². The Hall–Kier alpha value is -2.20. The number of nitrogens with one attached hydrogen (secondary N) is 1. The number of terminal acetylenes is 1. The summed E-state index contributed by atoms with van der Waals surface area (Å²) in [5.74, 6) is -3.72. The lowest BCUT2D eigenvalue weighted by Gasteiger charge is -2.29. The van der Waals surface area contributed by atoms with Crippen molar-refractivity contribution in [1.82, 2.24) is 5.32 Å². The molecular formula is C18H22F3NO3. The second-order valence-corrected chi connectivity index (χ2v) is 6.87. The lowest BCUT2D eigenvalue weighted by atomic mass is 9.90. The van der Waals surface area contributed by atoms with E-state index in [2.05, 4.69) is 5.32 Å². The van der Waals surface area contributed by atoms with Crippen LogP contribution in [0.15, 0.2) is 18.2 Å². The van der Waals surface area contributed by atoms with E-state index in [0.29, 0.717) is 0 Å². The van der Waals surface area contributed by atoms with Gasteiger partial charge in [0.25, 0.3) is 0 Å². The zero-order chi connectivity index (χ0) is 19.6. The highest BCUT2D eigenvalue weighted by Crippen LogP contribution is 2.41. The number of alkyl halides is 2. The van der Waals surface area contributed by atoms with Gasteiger partial charge in [0.1, 0.15) is 11.4 Å². The number of hydrogen-bond acceptors (Lipinski definition) is 3. The molecule has 25 heavy (non-hydrogen) atoms. The summed E-state index contributed by atoms with van der Waals surface area (Å²) in [4.78, 5) is 11.8. The van der Waals surface area contributed by atoms with E-state index in [1.54, 1.807) is 26.7 Å². The van der Waals surface area contributed by atoms with Crippen molar-refractivity contribution in [3.8, 4) is 12.3 Å². The van der Waals surface area contributed by atoms with Crippen molar-refractivity contribution >= 4 is 6.09 Å². The number of benzene rings is 1. The van der Waals surface area contributed by atoms with Gasteiger partial charge in [0.15, 0.2) is 5.60 Å². The van der Waals surface area contributed by atoms with Crippen LogP contribution in [-0.2, 0) is 10.7 Å². The molecule has 0 saturated carbocycles.